The predicted octanol–water partition coefficient (Wildman–Crippen LogP) is 1.90. The number of fused-ring (bicyclic) bond motifs is 1. The van der Waals surface area contributed by atoms with Crippen molar-refractivity contribution in [2.45, 2.75) is 0 Å². The zero-order chi connectivity index (χ0) is 18.5. The Bertz CT molecular complexity index is 948. The Hall–Kier alpha value is -4.06. The lowest BCUT2D eigenvalue weighted by molar-refractivity contribution is 0.102. The molecule has 0 saturated heterocycles. The maximum atomic E-state index is 12.4. The summed E-state index contributed by atoms with van der Waals surface area (Å²) in [6.45, 7) is 0.159. The third-order valence-corrected chi connectivity index (χ3v) is 3.41. The van der Waals surface area contributed by atoms with Gasteiger partial charge in [0.05, 0.1) is 5.69 Å². The van der Waals surface area contributed by atoms with Gasteiger partial charge in [0.25, 0.3) is 5.91 Å². The van der Waals surface area contributed by atoms with E-state index in [1.165, 1.54) is 0 Å². The number of nitrogens with one attached hydrogen (secondary N) is 3. The quantitative estimate of drug-likeness (QED) is 0.368. The average molecular weight is 350 g/mol. The number of benzene rings is 2. The smallest absolute Gasteiger partial charge is 0.255 e. The van der Waals surface area contributed by atoms with E-state index in [4.69, 9.17) is 25.9 Å². The highest BCUT2D eigenvalue weighted by Crippen LogP contribution is 2.34. The van der Waals surface area contributed by atoms with Crippen molar-refractivity contribution in [2.75, 3.05) is 17.5 Å². The minimum absolute atomic E-state index is 0.159. The molecule has 0 atom stereocenters. The lowest BCUT2D eigenvalue weighted by Gasteiger charge is -2.08. The van der Waals surface area contributed by atoms with Gasteiger partial charge in [-0.2, -0.15) is 10.4 Å². The van der Waals surface area contributed by atoms with Crippen LogP contribution >= 0.6 is 0 Å². The fourth-order valence-corrected chi connectivity index (χ4v) is 2.17. The third-order valence-electron chi connectivity index (χ3n) is 3.41. The molecule has 0 unspecified atom stereocenters. The molecular formula is C17H14N6O3. The number of ether oxygens (including phenoxy) is 2. The van der Waals surface area contributed by atoms with Gasteiger partial charge in [-0.15, -0.1) is 0 Å². The molecule has 1 amide bonds. The molecular weight excluding hydrogens is 336 g/mol. The van der Waals surface area contributed by atoms with E-state index in [1.54, 1.807) is 48.5 Å². The van der Waals surface area contributed by atoms with Crippen LogP contribution in [0, 0.1) is 16.7 Å². The van der Waals surface area contributed by atoms with E-state index < -0.39 is 5.84 Å². The Morgan fingerprint density at radius 1 is 1.19 bits per heavy atom. The molecule has 2 aromatic rings. The number of hydrogen-bond acceptors (Lipinski definition) is 7. The molecule has 0 aromatic heterocycles. The van der Waals surface area contributed by atoms with E-state index in [-0.39, 0.29) is 18.4 Å². The van der Waals surface area contributed by atoms with Crippen molar-refractivity contribution in [2.24, 2.45) is 10.8 Å². The highest BCUT2D eigenvalue weighted by atomic mass is 16.7. The molecule has 0 aliphatic carbocycles. The maximum absolute atomic E-state index is 12.4. The van der Waals surface area contributed by atoms with Gasteiger partial charge in [-0.05, 0) is 30.3 Å². The standard InChI is InChI=1S/C17H14N6O3/c18-8-13(16(19)20)23-22-12-3-1-2-10(6-12)17(24)21-11-4-5-14-15(7-11)26-9-25-14/h1-7,22H,9H2,(H3,19,20)(H,21,24)/b23-13+. The van der Waals surface area contributed by atoms with Crippen molar-refractivity contribution in [3.63, 3.8) is 0 Å². The van der Waals surface area contributed by atoms with E-state index in [9.17, 15) is 4.79 Å². The SMILES string of the molecule is N#C/C(=N\Nc1cccc(C(=O)Nc2ccc3c(c2)OCO3)c1)C(=N)N. The van der Waals surface area contributed by atoms with E-state index in [0.717, 1.165) is 0 Å². The number of hydrazone groups is 1. The minimum Gasteiger partial charge on any atom is -0.454 e. The first-order valence-electron chi connectivity index (χ1n) is 7.46. The fourth-order valence-electron chi connectivity index (χ4n) is 2.17. The van der Waals surface area contributed by atoms with E-state index in [2.05, 4.69) is 15.8 Å². The van der Waals surface area contributed by atoms with Crippen LogP contribution in [-0.4, -0.2) is 24.2 Å². The van der Waals surface area contributed by atoms with Crippen LogP contribution in [0.2, 0.25) is 0 Å². The number of anilines is 2. The Morgan fingerprint density at radius 3 is 2.77 bits per heavy atom. The van der Waals surface area contributed by atoms with Crippen molar-refractivity contribution in [3.05, 3.63) is 48.0 Å². The summed E-state index contributed by atoms with van der Waals surface area (Å²) >= 11 is 0. The molecule has 9 heteroatoms. The zero-order valence-electron chi connectivity index (χ0n) is 13.4. The molecule has 1 aliphatic rings. The van der Waals surface area contributed by atoms with Gasteiger partial charge in [0.1, 0.15) is 6.07 Å². The van der Waals surface area contributed by atoms with E-state index in [0.29, 0.717) is 28.4 Å². The van der Waals surface area contributed by atoms with Crippen molar-refractivity contribution < 1.29 is 14.3 Å². The number of carbonyl (C=O) groups excluding carboxylic acids is 1. The number of amidine groups is 1. The summed E-state index contributed by atoms with van der Waals surface area (Å²) in [6.07, 6.45) is 0. The van der Waals surface area contributed by atoms with Crippen molar-refractivity contribution in [1.29, 1.82) is 10.7 Å². The molecule has 26 heavy (non-hydrogen) atoms. The van der Waals surface area contributed by atoms with Crippen LogP contribution in [-0.2, 0) is 0 Å². The van der Waals surface area contributed by atoms with Crippen molar-refractivity contribution >= 4 is 28.8 Å². The molecule has 130 valence electrons. The summed E-state index contributed by atoms with van der Waals surface area (Å²) in [5, 5.41) is 22.5. The second-order valence-electron chi connectivity index (χ2n) is 5.20. The molecule has 5 N–H and O–H groups in total. The lowest BCUT2D eigenvalue weighted by atomic mass is 10.2. The normalized spacial score (nSPS) is 12.2. The summed E-state index contributed by atoms with van der Waals surface area (Å²) in [7, 11) is 0. The van der Waals surface area contributed by atoms with Crippen LogP contribution in [0.5, 0.6) is 11.5 Å². The number of rotatable bonds is 5. The van der Waals surface area contributed by atoms with Gasteiger partial charge in [0.2, 0.25) is 12.5 Å². The topological polar surface area (TPSA) is 146 Å². The van der Waals surface area contributed by atoms with E-state index in [1.807, 2.05) is 0 Å². The third kappa shape index (κ3) is 3.70. The van der Waals surface area contributed by atoms with Gasteiger partial charge in [-0.3, -0.25) is 15.6 Å². The molecule has 1 heterocycles. The summed E-state index contributed by atoms with van der Waals surface area (Å²) < 4.78 is 10.5. The monoisotopic (exact) mass is 350 g/mol. The molecule has 0 fully saturated rings. The number of hydrogen-bond donors (Lipinski definition) is 4. The molecule has 0 saturated carbocycles. The summed E-state index contributed by atoms with van der Waals surface area (Å²) in [5.74, 6) is 0.423. The Kier molecular flexibility index (Phi) is 4.67. The first-order chi connectivity index (χ1) is 12.6. The highest BCUT2D eigenvalue weighted by Gasteiger charge is 2.14. The number of amides is 1. The molecule has 0 radical (unpaired) electrons. The zero-order valence-corrected chi connectivity index (χ0v) is 13.4. The van der Waals surface area contributed by atoms with Gasteiger partial charge >= 0.3 is 0 Å². The van der Waals surface area contributed by atoms with Crippen LogP contribution in [0.3, 0.4) is 0 Å². The Morgan fingerprint density at radius 2 is 2.00 bits per heavy atom. The molecule has 3 rings (SSSR count). The van der Waals surface area contributed by atoms with Crippen molar-refractivity contribution in [3.8, 4) is 17.6 Å². The molecule has 0 bridgehead atoms. The van der Waals surface area contributed by atoms with Gasteiger partial charge in [-0.25, -0.2) is 0 Å². The van der Waals surface area contributed by atoms with Gasteiger partial charge < -0.3 is 20.5 Å². The highest BCUT2D eigenvalue weighted by molar-refractivity contribution is 6.45. The van der Waals surface area contributed by atoms with Crippen LogP contribution in [0.1, 0.15) is 10.4 Å². The molecule has 9 nitrogen and oxygen atoms in total. The Balaban J connectivity index is 1.72. The molecule has 0 spiro atoms. The summed E-state index contributed by atoms with van der Waals surface area (Å²) in [4.78, 5) is 12.4. The lowest BCUT2D eigenvalue weighted by Crippen LogP contribution is -2.21. The number of nitrogens with two attached hydrogens (primary N) is 1. The fraction of sp³-hybridized carbons (Fsp3) is 0.0588. The first-order valence-corrected chi connectivity index (χ1v) is 7.46. The van der Waals surface area contributed by atoms with Crippen LogP contribution < -0.4 is 25.9 Å². The Labute approximate surface area is 148 Å². The minimum atomic E-state index is -0.447. The number of nitriles is 1. The first kappa shape index (κ1) is 16.8. The van der Waals surface area contributed by atoms with E-state index >= 15 is 0 Å². The van der Waals surface area contributed by atoms with Crippen LogP contribution in [0.25, 0.3) is 0 Å². The second-order valence-corrected chi connectivity index (χ2v) is 5.20. The average Bonchev–Trinajstić information content (AvgIpc) is 3.10. The number of nitrogens with zero attached hydrogens (tertiary/aromatic N) is 2. The van der Waals surface area contributed by atoms with Crippen molar-refractivity contribution in [1.82, 2.24) is 0 Å². The maximum Gasteiger partial charge on any atom is 0.255 e. The second kappa shape index (κ2) is 7.23. The van der Waals surface area contributed by atoms with Crippen LogP contribution in [0.4, 0.5) is 11.4 Å². The predicted molar refractivity (Wildman–Crippen MR) is 95.5 cm³/mol. The summed E-state index contributed by atoms with van der Waals surface area (Å²) in [5.41, 5.74) is 8.99. The molecule has 1 aliphatic heterocycles. The molecule has 2 aromatic carbocycles. The largest absolute Gasteiger partial charge is 0.454 e. The van der Waals surface area contributed by atoms with Gasteiger partial charge in [-0.1, -0.05) is 6.07 Å². The van der Waals surface area contributed by atoms with Gasteiger partial charge in [0.15, 0.2) is 17.3 Å². The number of carbonyl (C=O) groups is 1. The summed E-state index contributed by atoms with van der Waals surface area (Å²) in [6, 6.07) is 13.3. The van der Waals surface area contributed by atoms with Gasteiger partial charge in [0, 0.05) is 17.3 Å². The van der Waals surface area contributed by atoms with Crippen LogP contribution in [0.15, 0.2) is 47.6 Å².